The van der Waals surface area contributed by atoms with Gasteiger partial charge in [-0.1, -0.05) is 54.6 Å². The van der Waals surface area contributed by atoms with Gasteiger partial charge in [0.2, 0.25) is 11.8 Å². The molecular formula is C32H32N4O4S. The number of thioether (sulfide) groups is 1. The zero-order valence-electron chi connectivity index (χ0n) is 23.2. The van der Waals surface area contributed by atoms with Gasteiger partial charge in [-0.15, -0.1) is 11.8 Å². The second-order valence-corrected chi connectivity index (χ2v) is 11.2. The van der Waals surface area contributed by atoms with Crippen LogP contribution in [0.4, 0.5) is 5.82 Å². The first kappa shape index (κ1) is 27.1. The summed E-state index contributed by atoms with van der Waals surface area (Å²) in [5, 5.41) is 5.00. The Morgan fingerprint density at radius 2 is 1.71 bits per heavy atom. The molecule has 2 aliphatic rings. The SMILES string of the molecule is COc1ccc(-n2nc(-c3ccccc3)c3c2N(CC(=O)N2CCOCC2)C(=O)CSC3c2ccccc2C)cc1. The number of hydrogen-bond donors (Lipinski definition) is 0. The molecule has 9 heteroatoms. The van der Waals surface area contributed by atoms with Crippen molar-refractivity contribution in [3.63, 3.8) is 0 Å². The van der Waals surface area contributed by atoms with Crippen molar-refractivity contribution in [1.29, 1.82) is 0 Å². The minimum absolute atomic E-state index is 0.0665. The second-order valence-electron chi connectivity index (χ2n) is 10.1. The number of nitrogens with zero attached hydrogens (tertiary/aromatic N) is 4. The molecule has 0 bridgehead atoms. The number of rotatable bonds is 6. The van der Waals surface area contributed by atoms with Gasteiger partial charge >= 0.3 is 0 Å². The lowest BCUT2D eigenvalue weighted by molar-refractivity contribution is -0.134. The van der Waals surface area contributed by atoms with E-state index in [-0.39, 0.29) is 29.4 Å². The van der Waals surface area contributed by atoms with Crippen LogP contribution in [0.2, 0.25) is 0 Å². The molecule has 3 heterocycles. The molecule has 0 spiro atoms. The maximum absolute atomic E-state index is 13.9. The molecule has 0 radical (unpaired) electrons. The minimum atomic E-state index is -0.166. The van der Waals surface area contributed by atoms with Crippen molar-refractivity contribution in [1.82, 2.24) is 14.7 Å². The summed E-state index contributed by atoms with van der Waals surface area (Å²) in [4.78, 5) is 30.9. The summed E-state index contributed by atoms with van der Waals surface area (Å²) in [5.74, 6) is 1.36. The number of amides is 2. The van der Waals surface area contributed by atoms with Crippen LogP contribution in [0.5, 0.6) is 5.75 Å². The minimum Gasteiger partial charge on any atom is -0.497 e. The molecule has 41 heavy (non-hydrogen) atoms. The molecule has 8 nitrogen and oxygen atoms in total. The third kappa shape index (κ3) is 5.35. The number of methoxy groups -OCH3 is 1. The van der Waals surface area contributed by atoms with Gasteiger partial charge in [-0.2, -0.15) is 5.10 Å². The Bertz CT molecular complexity index is 1550. The Hall–Kier alpha value is -4.08. The molecule has 2 amide bonds. The van der Waals surface area contributed by atoms with Gasteiger partial charge in [0.25, 0.3) is 0 Å². The molecule has 3 aromatic carbocycles. The topological polar surface area (TPSA) is 76.9 Å². The smallest absolute Gasteiger partial charge is 0.242 e. The summed E-state index contributed by atoms with van der Waals surface area (Å²) < 4.78 is 12.7. The number of hydrogen-bond acceptors (Lipinski definition) is 6. The van der Waals surface area contributed by atoms with E-state index in [0.29, 0.717) is 32.1 Å². The van der Waals surface area contributed by atoms with Gasteiger partial charge in [0.15, 0.2) is 0 Å². The highest BCUT2D eigenvalue weighted by molar-refractivity contribution is 8.00. The fraction of sp³-hybridized carbons (Fsp3) is 0.281. The standard InChI is InChI=1S/C32H32N4O4S/c1-22-8-6-7-11-26(22)31-29-30(23-9-4-3-5-10-23)33-36(24-12-14-25(39-2)15-13-24)32(29)35(28(38)21-41-31)20-27(37)34-16-18-40-19-17-34/h3-15,31H,16-21H2,1-2H3. The van der Waals surface area contributed by atoms with Crippen LogP contribution in [0, 0.1) is 6.92 Å². The Morgan fingerprint density at radius 1 is 1.00 bits per heavy atom. The zero-order valence-corrected chi connectivity index (χ0v) is 24.0. The molecule has 0 saturated carbocycles. The summed E-state index contributed by atoms with van der Waals surface area (Å²) >= 11 is 1.58. The van der Waals surface area contributed by atoms with Gasteiger partial charge in [-0.05, 0) is 42.3 Å². The number of carbonyl (C=O) groups excluding carboxylic acids is 2. The van der Waals surface area contributed by atoms with Gasteiger partial charge < -0.3 is 14.4 Å². The number of aromatic nitrogens is 2. The van der Waals surface area contributed by atoms with Crippen LogP contribution in [-0.2, 0) is 14.3 Å². The molecule has 1 aromatic heterocycles. The largest absolute Gasteiger partial charge is 0.497 e. The fourth-order valence-electron chi connectivity index (χ4n) is 5.41. The predicted molar refractivity (Wildman–Crippen MR) is 161 cm³/mol. The van der Waals surface area contributed by atoms with Crippen LogP contribution < -0.4 is 9.64 Å². The molecule has 1 unspecified atom stereocenters. The van der Waals surface area contributed by atoms with Crippen molar-refractivity contribution in [2.45, 2.75) is 12.2 Å². The Balaban J connectivity index is 1.59. The van der Waals surface area contributed by atoms with Gasteiger partial charge in [0.1, 0.15) is 18.1 Å². The van der Waals surface area contributed by atoms with Crippen LogP contribution in [0.15, 0.2) is 78.9 Å². The molecule has 1 saturated heterocycles. The van der Waals surface area contributed by atoms with Crippen LogP contribution in [0.25, 0.3) is 16.9 Å². The average molecular weight is 569 g/mol. The Labute approximate surface area is 243 Å². The highest BCUT2D eigenvalue weighted by Gasteiger charge is 2.38. The highest BCUT2D eigenvalue weighted by atomic mass is 32.2. The molecular weight excluding hydrogens is 536 g/mol. The van der Waals surface area contributed by atoms with E-state index in [1.165, 1.54) is 0 Å². The molecule has 210 valence electrons. The number of carbonyl (C=O) groups is 2. The number of benzene rings is 3. The second kappa shape index (κ2) is 11.8. The van der Waals surface area contributed by atoms with E-state index in [1.807, 2.05) is 71.4 Å². The Kier molecular flexibility index (Phi) is 7.80. The van der Waals surface area contributed by atoms with Gasteiger partial charge in [-0.3, -0.25) is 14.5 Å². The number of fused-ring (bicyclic) bond motifs is 1. The van der Waals surface area contributed by atoms with E-state index in [4.69, 9.17) is 14.6 Å². The van der Waals surface area contributed by atoms with E-state index in [9.17, 15) is 9.59 Å². The van der Waals surface area contributed by atoms with Crippen molar-refractivity contribution in [3.05, 3.63) is 95.6 Å². The first-order valence-corrected chi connectivity index (χ1v) is 14.8. The monoisotopic (exact) mass is 568 g/mol. The highest BCUT2D eigenvalue weighted by Crippen LogP contribution is 2.49. The summed E-state index contributed by atoms with van der Waals surface area (Å²) in [6.45, 7) is 4.06. The van der Waals surface area contributed by atoms with Crippen LogP contribution in [0.1, 0.15) is 21.9 Å². The van der Waals surface area contributed by atoms with Crippen LogP contribution in [-0.4, -0.2) is 72.2 Å². The van der Waals surface area contributed by atoms with Gasteiger partial charge in [0, 0.05) is 24.2 Å². The third-order valence-electron chi connectivity index (χ3n) is 7.58. The van der Waals surface area contributed by atoms with Crippen LogP contribution in [0.3, 0.4) is 0 Å². The van der Waals surface area contributed by atoms with E-state index in [1.54, 1.807) is 28.7 Å². The third-order valence-corrected chi connectivity index (χ3v) is 8.82. The molecule has 0 aliphatic carbocycles. The fourth-order valence-corrected chi connectivity index (χ4v) is 6.70. The number of ether oxygens (including phenoxy) is 2. The Morgan fingerprint density at radius 3 is 2.41 bits per heavy atom. The predicted octanol–water partition coefficient (Wildman–Crippen LogP) is 4.88. The molecule has 0 N–H and O–H groups in total. The van der Waals surface area contributed by atoms with Gasteiger partial charge in [0.05, 0.1) is 42.7 Å². The first-order valence-electron chi connectivity index (χ1n) is 13.7. The summed E-state index contributed by atoms with van der Waals surface area (Å²) in [6, 6.07) is 25.9. The van der Waals surface area contributed by atoms with E-state index >= 15 is 0 Å². The summed E-state index contributed by atoms with van der Waals surface area (Å²) in [7, 11) is 1.63. The lowest BCUT2D eigenvalue weighted by atomic mass is 9.97. The number of morpholine rings is 1. The van der Waals surface area contributed by atoms with E-state index in [2.05, 4.69) is 19.1 Å². The van der Waals surface area contributed by atoms with Gasteiger partial charge in [-0.25, -0.2) is 4.68 Å². The zero-order chi connectivity index (χ0) is 28.3. The van der Waals surface area contributed by atoms with E-state index in [0.717, 1.165) is 39.4 Å². The van der Waals surface area contributed by atoms with Crippen molar-refractivity contribution in [3.8, 4) is 22.7 Å². The summed E-state index contributed by atoms with van der Waals surface area (Å²) in [5.41, 5.74) is 5.69. The van der Waals surface area contributed by atoms with Crippen molar-refractivity contribution in [2.24, 2.45) is 0 Å². The first-order chi connectivity index (χ1) is 20.0. The summed E-state index contributed by atoms with van der Waals surface area (Å²) in [6.07, 6.45) is 0. The normalized spacial score (nSPS) is 17.2. The molecule has 6 rings (SSSR count). The lowest BCUT2D eigenvalue weighted by Gasteiger charge is -2.30. The maximum Gasteiger partial charge on any atom is 0.242 e. The average Bonchev–Trinajstić information content (AvgIpc) is 3.35. The van der Waals surface area contributed by atoms with E-state index < -0.39 is 0 Å². The van der Waals surface area contributed by atoms with Crippen molar-refractivity contribution >= 4 is 29.4 Å². The molecule has 1 fully saturated rings. The molecule has 2 aliphatic heterocycles. The lowest BCUT2D eigenvalue weighted by Crippen LogP contribution is -2.48. The van der Waals surface area contributed by atoms with Crippen LogP contribution >= 0.6 is 11.8 Å². The number of aryl methyl sites for hydroxylation is 1. The van der Waals surface area contributed by atoms with Crippen molar-refractivity contribution in [2.75, 3.05) is 50.6 Å². The molecule has 4 aromatic rings. The maximum atomic E-state index is 13.9. The van der Waals surface area contributed by atoms with Crippen molar-refractivity contribution < 1.29 is 19.1 Å². The molecule has 1 atom stereocenters. The quantitative estimate of drug-likeness (QED) is 0.330. The number of anilines is 1.